The van der Waals surface area contributed by atoms with Gasteiger partial charge < -0.3 is 28.8 Å². The first-order chi connectivity index (χ1) is 12.6. The molecule has 0 saturated carbocycles. The standard InChI is InChI=1S/C19H22O7/c1-22-14-6-4-5-7-16(14)26-18(11-25-12-20)19(21)13-8-9-15(23-2)17(10-13)24-3/h4-10,12,18-19,21H,11H2,1-3H3. The molecule has 0 aliphatic heterocycles. The van der Waals surface area contributed by atoms with Crippen molar-refractivity contribution in [3.8, 4) is 23.0 Å². The molecule has 7 nitrogen and oxygen atoms in total. The Morgan fingerprint density at radius 1 is 0.923 bits per heavy atom. The third kappa shape index (κ3) is 4.58. The Balaban J connectivity index is 2.29. The second-order valence-electron chi connectivity index (χ2n) is 5.30. The van der Waals surface area contributed by atoms with Gasteiger partial charge >= 0.3 is 0 Å². The van der Waals surface area contributed by atoms with Crippen LogP contribution in [0.3, 0.4) is 0 Å². The zero-order valence-corrected chi connectivity index (χ0v) is 14.9. The summed E-state index contributed by atoms with van der Waals surface area (Å²) in [6.07, 6.45) is -1.94. The fraction of sp³-hybridized carbons (Fsp3) is 0.316. The molecule has 26 heavy (non-hydrogen) atoms. The molecule has 0 radical (unpaired) electrons. The van der Waals surface area contributed by atoms with Crippen LogP contribution in [0.4, 0.5) is 0 Å². The van der Waals surface area contributed by atoms with Gasteiger partial charge in [-0.25, -0.2) is 0 Å². The summed E-state index contributed by atoms with van der Waals surface area (Å²) in [4.78, 5) is 10.6. The second-order valence-corrected chi connectivity index (χ2v) is 5.30. The normalized spacial score (nSPS) is 12.6. The van der Waals surface area contributed by atoms with Crippen LogP contribution in [0.5, 0.6) is 23.0 Å². The minimum absolute atomic E-state index is 0.142. The Labute approximate surface area is 152 Å². The zero-order valence-electron chi connectivity index (χ0n) is 14.9. The Hall–Kier alpha value is -2.93. The molecular formula is C19H22O7. The summed E-state index contributed by atoms with van der Waals surface area (Å²) < 4.78 is 26.4. The summed E-state index contributed by atoms with van der Waals surface area (Å²) in [6, 6.07) is 12.0. The highest BCUT2D eigenvalue weighted by atomic mass is 16.6. The average molecular weight is 362 g/mol. The fourth-order valence-electron chi connectivity index (χ4n) is 2.45. The van der Waals surface area contributed by atoms with Crippen molar-refractivity contribution in [2.75, 3.05) is 27.9 Å². The molecule has 0 fully saturated rings. The van der Waals surface area contributed by atoms with E-state index >= 15 is 0 Å². The second kappa shape index (κ2) is 9.53. The Morgan fingerprint density at radius 3 is 2.15 bits per heavy atom. The lowest BCUT2D eigenvalue weighted by atomic mass is 10.0. The predicted molar refractivity (Wildman–Crippen MR) is 93.9 cm³/mol. The van der Waals surface area contributed by atoms with Crippen LogP contribution < -0.4 is 18.9 Å². The van der Waals surface area contributed by atoms with Crippen molar-refractivity contribution in [3.05, 3.63) is 48.0 Å². The number of methoxy groups -OCH3 is 3. The molecule has 7 heteroatoms. The number of ether oxygens (including phenoxy) is 5. The van der Waals surface area contributed by atoms with E-state index < -0.39 is 12.2 Å². The highest BCUT2D eigenvalue weighted by Crippen LogP contribution is 2.33. The van der Waals surface area contributed by atoms with Gasteiger partial charge in [-0.15, -0.1) is 0 Å². The van der Waals surface area contributed by atoms with Gasteiger partial charge in [-0.05, 0) is 29.8 Å². The van der Waals surface area contributed by atoms with Crippen LogP contribution in [0.2, 0.25) is 0 Å². The van der Waals surface area contributed by atoms with E-state index in [9.17, 15) is 9.90 Å². The molecule has 2 aromatic carbocycles. The predicted octanol–water partition coefficient (Wildman–Crippen LogP) is 2.37. The van der Waals surface area contributed by atoms with Crippen molar-refractivity contribution in [1.82, 2.24) is 0 Å². The number of carbonyl (C=O) groups is 1. The summed E-state index contributed by atoms with van der Waals surface area (Å²) in [7, 11) is 4.55. The van der Waals surface area contributed by atoms with Crippen molar-refractivity contribution in [2.24, 2.45) is 0 Å². The highest BCUT2D eigenvalue weighted by Gasteiger charge is 2.26. The van der Waals surface area contributed by atoms with Crippen LogP contribution in [0.15, 0.2) is 42.5 Å². The molecular weight excluding hydrogens is 340 g/mol. The lowest BCUT2D eigenvalue weighted by Crippen LogP contribution is -2.30. The van der Waals surface area contributed by atoms with Crippen molar-refractivity contribution in [3.63, 3.8) is 0 Å². The smallest absolute Gasteiger partial charge is 0.293 e. The van der Waals surface area contributed by atoms with E-state index in [1.165, 1.54) is 21.3 Å². The van der Waals surface area contributed by atoms with Crippen LogP contribution in [0.1, 0.15) is 11.7 Å². The summed E-state index contributed by atoms with van der Waals surface area (Å²) >= 11 is 0. The largest absolute Gasteiger partial charge is 0.493 e. The highest BCUT2D eigenvalue weighted by molar-refractivity contribution is 5.44. The molecule has 0 aromatic heterocycles. The van der Waals surface area contributed by atoms with Crippen LogP contribution in [0, 0.1) is 0 Å². The summed E-state index contributed by atoms with van der Waals surface area (Å²) in [5.41, 5.74) is 0.525. The first-order valence-electron chi connectivity index (χ1n) is 7.89. The molecule has 0 spiro atoms. The minimum Gasteiger partial charge on any atom is -0.493 e. The average Bonchev–Trinajstić information content (AvgIpc) is 2.70. The fourth-order valence-corrected chi connectivity index (χ4v) is 2.45. The van der Waals surface area contributed by atoms with Gasteiger partial charge in [-0.1, -0.05) is 18.2 Å². The number of hydrogen-bond acceptors (Lipinski definition) is 7. The van der Waals surface area contributed by atoms with E-state index in [4.69, 9.17) is 23.7 Å². The Bertz CT molecular complexity index is 717. The van der Waals surface area contributed by atoms with E-state index in [-0.39, 0.29) is 6.61 Å². The van der Waals surface area contributed by atoms with Gasteiger partial charge in [0.25, 0.3) is 6.47 Å². The van der Waals surface area contributed by atoms with Gasteiger partial charge in [-0.2, -0.15) is 0 Å². The third-order valence-electron chi connectivity index (χ3n) is 3.78. The Morgan fingerprint density at radius 2 is 1.54 bits per heavy atom. The van der Waals surface area contributed by atoms with Gasteiger partial charge in [0.15, 0.2) is 29.1 Å². The number of hydrogen-bond donors (Lipinski definition) is 1. The molecule has 0 amide bonds. The van der Waals surface area contributed by atoms with Crippen molar-refractivity contribution in [1.29, 1.82) is 0 Å². The molecule has 0 saturated heterocycles. The number of para-hydroxylation sites is 2. The lowest BCUT2D eigenvalue weighted by Gasteiger charge is -2.25. The molecule has 0 heterocycles. The first kappa shape index (κ1) is 19.4. The van der Waals surface area contributed by atoms with Gasteiger partial charge in [0, 0.05) is 0 Å². The molecule has 0 aliphatic carbocycles. The van der Waals surface area contributed by atoms with E-state index in [0.717, 1.165) is 0 Å². The maximum atomic E-state index is 10.8. The molecule has 2 aromatic rings. The zero-order chi connectivity index (χ0) is 18.9. The quantitative estimate of drug-likeness (QED) is 0.650. The molecule has 2 atom stereocenters. The van der Waals surface area contributed by atoms with Crippen molar-refractivity contribution in [2.45, 2.75) is 12.2 Å². The minimum atomic E-state index is -1.08. The van der Waals surface area contributed by atoms with Crippen molar-refractivity contribution < 1.29 is 33.6 Å². The SMILES string of the molecule is COc1ccc(C(O)C(COC=O)Oc2ccccc2OC)cc1OC. The number of aliphatic hydroxyl groups excluding tert-OH is 1. The van der Waals surface area contributed by atoms with Gasteiger partial charge in [0.1, 0.15) is 12.7 Å². The topological polar surface area (TPSA) is 83.5 Å². The van der Waals surface area contributed by atoms with Gasteiger partial charge in [0.05, 0.1) is 21.3 Å². The van der Waals surface area contributed by atoms with E-state index in [1.54, 1.807) is 42.5 Å². The van der Waals surface area contributed by atoms with E-state index in [1.807, 2.05) is 0 Å². The van der Waals surface area contributed by atoms with Gasteiger partial charge in [0.2, 0.25) is 0 Å². The summed E-state index contributed by atoms with van der Waals surface area (Å²) in [6.45, 7) is 0.164. The van der Waals surface area contributed by atoms with E-state index in [2.05, 4.69) is 0 Å². The van der Waals surface area contributed by atoms with Gasteiger partial charge in [-0.3, -0.25) is 4.79 Å². The van der Waals surface area contributed by atoms with Crippen LogP contribution in [0.25, 0.3) is 0 Å². The maximum absolute atomic E-state index is 10.8. The van der Waals surface area contributed by atoms with E-state index in [0.29, 0.717) is 35.0 Å². The maximum Gasteiger partial charge on any atom is 0.293 e. The molecule has 0 bridgehead atoms. The molecule has 2 rings (SSSR count). The van der Waals surface area contributed by atoms with Crippen LogP contribution >= 0.6 is 0 Å². The summed E-state index contributed by atoms with van der Waals surface area (Å²) in [5, 5.41) is 10.8. The molecule has 0 aliphatic rings. The molecule has 1 N–H and O–H groups in total. The first-order valence-corrected chi connectivity index (χ1v) is 7.89. The van der Waals surface area contributed by atoms with Crippen molar-refractivity contribution >= 4 is 6.47 Å². The Kier molecular flexibility index (Phi) is 7.11. The number of aliphatic hydroxyl groups is 1. The molecule has 140 valence electrons. The number of benzene rings is 2. The lowest BCUT2D eigenvalue weighted by molar-refractivity contribution is -0.133. The monoisotopic (exact) mass is 362 g/mol. The van der Waals surface area contributed by atoms with Crippen LogP contribution in [-0.2, 0) is 9.53 Å². The summed E-state index contributed by atoms with van der Waals surface area (Å²) in [5.74, 6) is 1.93. The molecule has 2 unspecified atom stereocenters. The number of rotatable bonds is 10. The van der Waals surface area contributed by atoms with Crippen LogP contribution in [-0.4, -0.2) is 45.6 Å². The third-order valence-corrected chi connectivity index (χ3v) is 3.78. The number of carbonyl (C=O) groups excluding carboxylic acids is 1.